The maximum Gasteiger partial charge on any atom is 0.226 e. The molecule has 1 aliphatic heterocycles. The van der Waals surface area contributed by atoms with Gasteiger partial charge in [-0.3, -0.25) is 4.79 Å². The Hall–Kier alpha value is -0.610. The van der Waals surface area contributed by atoms with Crippen molar-refractivity contribution >= 4 is 5.91 Å². The summed E-state index contributed by atoms with van der Waals surface area (Å²) < 4.78 is 0. The summed E-state index contributed by atoms with van der Waals surface area (Å²) in [5.41, 5.74) is 0. The monoisotopic (exact) mass is 241 g/mol. The van der Waals surface area contributed by atoms with Crippen molar-refractivity contribution in [2.24, 2.45) is 5.92 Å². The minimum absolute atomic E-state index is 0.120. The van der Waals surface area contributed by atoms with E-state index >= 15 is 0 Å². The van der Waals surface area contributed by atoms with Crippen molar-refractivity contribution < 1.29 is 4.79 Å². The molecule has 1 N–H and O–H groups in total. The van der Waals surface area contributed by atoms with Crippen molar-refractivity contribution in [1.82, 2.24) is 15.1 Å². The van der Waals surface area contributed by atoms with Crippen LogP contribution in [0.5, 0.6) is 0 Å². The Morgan fingerprint density at radius 2 is 2.06 bits per heavy atom. The molecule has 1 unspecified atom stereocenters. The zero-order chi connectivity index (χ0) is 12.7. The van der Waals surface area contributed by atoms with Crippen LogP contribution in [0.25, 0.3) is 0 Å². The summed E-state index contributed by atoms with van der Waals surface area (Å²) in [6.07, 6.45) is 2.24. The Labute approximate surface area is 105 Å². The molecule has 1 saturated heterocycles. The molecule has 1 heterocycles. The lowest BCUT2D eigenvalue weighted by Crippen LogP contribution is -2.47. The first-order chi connectivity index (χ1) is 8.15. The fraction of sp³-hybridized carbons (Fsp3) is 0.923. The summed E-state index contributed by atoms with van der Waals surface area (Å²) >= 11 is 0. The SMILES string of the molecule is CCCCN(C)C(=O)C(C)CN1CCNCC1. The van der Waals surface area contributed by atoms with Gasteiger partial charge in [0.05, 0.1) is 0 Å². The van der Waals surface area contributed by atoms with E-state index < -0.39 is 0 Å². The Kier molecular flexibility index (Phi) is 6.52. The van der Waals surface area contributed by atoms with E-state index in [1.54, 1.807) is 0 Å². The number of carbonyl (C=O) groups excluding carboxylic acids is 1. The molecule has 100 valence electrons. The predicted molar refractivity (Wildman–Crippen MR) is 71.0 cm³/mol. The molecule has 4 heteroatoms. The molecule has 1 aliphatic rings. The lowest BCUT2D eigenvalue weighted by atomic mass is 10.1. The van der Waals surface area contributed by atoms with Crippen molar-refractivity contribution in [2.75, 3.05) is 46.3 Å². The largest absolute Gasteiger partial charge is 0.345 e. The van der Waals surface area contributed by atoms with E-state index in [1.165, 1.54) is 0 Å². The third-order valence-electron chi connectivity index (χ3n) is 3.39. The first-order valence-corrected chi connectivity index (χ1v) is 6.83. The summed E-state index contributed by atoms with van der Waals surface area (Å²) in [6, 6.07) is 0. The van der Waals surface area contributed by atoms with E-state index in [2.05, 4.69) is 17.1 Å². The summed E-state index contributed by atoms with van der Waals surface area (Å²) in [6.45, 7) is 10.2. The average Bonchev–Trinajstić information content (AvgIpc) is 2.36. The molecule has 17 heavy (non-hydrogen) atoms. The number of hydrogen-bond donors (Lipinski definition) is 1. The van der Waals surface area contributed by atoms with E-state index in [0.29, 0.717) is 0 Å². The van der Waals surface area contributed by atoms with Gasteiger partial charge in [-0.25, -0.2) is 0 Å². The molecule has 0 saturated carbocycles. The van der Waals surface area contributed by atoms with Gasteiger partial charge < -0.3 is 15.1 Å². The first kappa shape index (κ1) is 14.5. The predicted octanol–water partition coefficient (Wildman–Crippen LogP) is 0.786. The summed E-state index contributed by atoms with van der Waals surface area (Å²) in [7, 11) is 1.92. The second-order valence-electron chi connectivity index (χ2n) is 5.07. The Bertz CT molecular complexity index is 227. The van der Waals surface area contributed by atoms with Crippen molar-refractivity contribution in [3.8, 4) is 0 Å². The summed E-state index contributed by atoms with van der Waals surface area (Å²) in [5.74, 6) is 0.409. The van der Waals surface area contributed by atoms with Crippen molar-refractivity contribution in [1.29, 1.82) is 0 Å². The average molecular weight is 241 g/mol. The topological polar surface area (TPSA) is 35.6 Å². The minimum atomic E-state index is 0.120. The van der Waals surface area contributed by atoms with Gasteiger partial charge in [0, 0.05) is 52.2 Å². The van der Waals surface area contributed by atoms with Crippen LogP contribution in [0.2, 0.25) is 0 Å². The van der Waals surface area contributed by atoms with Crippen LogP contribution in [0.1, 0.15) is 26.7 Å². The normalized spacial score (nSPS) is 19.0. The minimum Gasteiger partial charge on any atom is -0.345 e. The van der Waals surface area contributed by atoms with Crippen LogP contribution in [0.15, 0.2) is 0 Å². The van der Waals surface area contributed by atoms with Crippen LogP contribution in [-0.4, -0.2) is 62.0 Å². The van der Waals surface area contributed by atoms with Gasteiger partial charge in [-0.1, -0.05) is 20.3 Å². The van der Waals surface area contributed by atoms with Gasteiger partial charge in [-0.2, -0.15) is 0 Å². The molecule has 0 aromatic carbocycles. The summed E-state index contributed by atoms with van der Waals surface area (Å²) in [5, 5.41) is 3.33. The number of carbonyl (C=O) groups is 1. The third-order valence-corrected chi connectivity index (χ3v) is 3.39. The number of unbranched alkanes of at least 4 members (excludes halogenated alkanes) is 1. The molecule has 0 bridgehead atoms. The Morgan fingerprint density at radius 1 is 1.41 bits per heavy atom. The molecule has 1 fully saturated rings. The van der Waals surface area contributed by atoms with E-state index in [0.717, 1.165) is 52.1 Å². The Morgan fingerprint density at radius 3 is 2.65 bits per heavy atom. The molecular weight excluding hydrogens is 214 g/mol. The highest BCUT2D eigenvalue weighted by Crippen LogP contribution is 2.06. The highest BCUT2D eigenvalue weighted by atomic mass is 16.2. The number of amides is 1. The van der Waals surface area contributed by atoms with Crippen LogP contribution >= 0.6 is 0 Å². The molecule has 1 rings (SSSR count). The molecule has 1 atom stereocenters. The zero-order valence-electron chi connectivity index (χ0n) is 11.5. The molecule has 0 radical (unpaired) electrons. The first-order valence-electron chi connectivity index (χ1n) is 6.83. The van der Waals surface area contributed by atoms with Crippen molar-refractivity contribution in [3.63, 3.8) is 0 Å². The second-order valence-corrected chi connectivity index (χ2v) is 5.07. The van der Waals surface area contributed by atoms with E-state index in [4.69, 9.17) is 0 Å². The van der Waals surface area contributed by atoms with Gasteiger partial charge in [0.15, 0.2) is 0 Å². The second kappa shape index (κ2) is 7.67. The fourth-order valence-corrected chi connectivity index (χ4v) is 2.24. The lowest BCUT2D eigenvalue weighted by Gasteiger charge is -2.30. The molecule has 0 aliphatic carbocycles. The smallest absolute Gasteiger partial charge is 0.226 e. The summed E-state index contributed by atoms with van der Waals surface area (Å²) in [4.78, 5) is 16.4. The van der Waals surface area contributed by atoms with Gasteiger partial charge in [0.2, 0.25) is 5.91 Å². The fourth-order valence-electron chi connectivity index (χ4n) is 2.24. The lowest BCUT2D eigenvalue weighted by molar-refractivity contribution is -0.134. The zero-order valence-corrected chi connectivity index (χ0v) is 11.5. The van der Waals surface area contributed by atoms with E-state index in [9.17, 15) is 4.79 Å². The van der Waals surface area contributed by atoms with Crippen LogP contribution in [0.4, 0.5) is 0 Å². The molecule has 0 aromatic heterocycles. The van der Waals surface area contributed by atoms with Gasteiger partial charge in [-0.05, 0) is 6.42 Å². The highest BCUT2D eigenvalue weighted by Gasteiger charge is 2.20. The van der Waals surface area contributed by atoms with Crippen LogP contribution in [0, 0.1) is 5.92 Å². The quantitative estimate of drug-likeness (QED) is 0.747. The Balaban J connectivity index is 2.29. The van der Waals surface area contributed by atoms with Gasteiger partial charge in [-0.15, -0.1) is 0 Å². The molecular formula is C13H27N3O. The van der Waals surface area contributed by atoms with Crippen LogP contribution < -0.4 is 5.32 Å². The van der Waals surface area contributed by atoms with Crippen LogP contribution in [0.3, 0.4) is 0 Å². The van der Waals surface area contributed by atoms with Crippen molar-refractivity contribution in [3.05, 3.63) is 0 Å². The standard InChI is InChI=1S/C13H27N3O/c1-4-5-8-15(3)13(17)12(2)11-16-9-6-14-7-10-16/h12,14H,4-11H2,1-3H3. The number of nitrogens with zero attached hydrogens (tertiary/aromatic N) is 2. The van der Waals surface area contributed by atoms with Crippen molar-refractivity contribution in [2.45, 2.75) is 26.7 Å². The molecule has 0 spiro atoms. The maximum absolute atomic E-state index is 12.1. The number of nitrogens with one attached hydrogen (secondary N) is 1. The molecule has 1 amide bonds. The van der Waals surface area contributed by atoms with Crippen LogP contribution in [-0.2, 0) is 4.79 Å². The van der Waals surface area contributed by atoms with Gasteiger partial charge >= 0.3 is 0 Å². The number of rotatable bonds is 6. The van der Waals surface area contributed by atoms with E-state index in [1.807, 2.05) is 18.9 Å². The third kappa shape index (κ3) is 5.04. The highest BCUT2D eigenvalue weighted by molar-refractivity contribution is 5.78. The number of hydrogen-bond acceptors (Lipinski definition) is 3. The molecule has 0 aromatic rings. The maximum atomic E-state index is 12.1. The molecule has 4 nitrogen and oxygen atoms in total. The number of piperazine rings is 1. The van der Waals surface area contributed by atoms with E-state index in [-0.39, 0.29) is 11.8 Å². The van der Waals surface area contributed by atoms with Gasteiger partial charge in [0.1, 0.15) is 0 Å². The van der Waals surface area contributed by atoms with Gasteiger partial charge in [0.25, 0.3) is 0 Å².